The summed E-state index contributed by atoms with van der Waals surface area (Å²) in [5.74, 6) is -0.301. The topological polar surface area (TPSA) is 78.9 Å². The van der Waals surface area contributed by atoms with E-state index >= 15 is 0 Å². The molecule has 0 bridgehead atoms. The van der Waals surface area contributed by atoms with Crippen molar-refractivity contribution in [3.8, 4) is 0 Å². The van der Waals surface area contributed by atoms with Crippen LogP contribution in [0.15, 0.2) is 0 Å². The Balaban J connectivity index is 2.18. The van der Waals surface area contributed by atoms with Gasteiger partial charge in [-0.05, 0) is 32.6 Å². The van der Waals surface area contributed by atoms with Crippen molar-refractivity contribution in [2.45, 2.75) is 52.2 Å². The minimum absolute atomic E-state index is 0.0199. The van der Waals surface area contributed by atoms with Gasteiger partial charge in [-0.15, -0.1) is 0 Å². The minimum Gasteiger partial charge on any atom is -0.480 e. The second kappa shape index (κ2) is 7.75. The molecule has 1 aliphatic heterocycles. The highest BCUT2D eigenvalue weighted by Crippen LogP contribution is 2.24. The molecule has 1 heterocycles. The molecule has 1 aliphatic rings. The number of carbonyl (C=O) groups excluding carboxylic acids is 1. The molecule has 21 heavy (non-hydrogen) atoms. The van der Waals surface area contributed by atoms with Crippen molar-refractivity contribution >= 4 is 11.9 Å². The molecule has 1 atom stereocenters. The van der Waals surface area contributed by atoms with E-state index in [1.165, 1.54) is 0 Å². The fourth-order valence-electron chi connectivity index (χ4n) is 2.52. The number of rotatable bonds is 9. The molecule has 122 valence electrons. The summed E-state index contributed by atoms with van der Waals surface area (Å²) in [6.45, 7) is 9.48. The van der Waals surface area contributed by atoms with Crippen LogP contribution in [0.4, 0.5) is 0 Å². The van der Waals surface area contributed by atoms with Gasteiger partial charge in [0.15, 0.2) is 0 Å². The number of hydrogen-bond acceptors (Lipinski definition) is 4. The zero-order valence-electron chi connectivity index (χ0n) is 13.5. The highest BCUT2D eigenvalue weighted by molar-refractivity contribution is 5.78. The average Bonchev–Trinajstić information content (AvgIpc) is 2.32. The number of carboxylic acids is 1. The van der Waals surface area contributed by atoms with Crippen molar-refractivity contribution in [2.24, 2.45) is 5.92 Å². The molecule has 0 aromatic heterocycles. The summed E-state index contributed by atoms with van der Waals surface area (Å²) in [6.07, 6.45) is 2.09. The molecule has 1 rings (SSSR count). The van der Waals surface area contributed by atoms with Gasteiger partial charge in [0, 0.05) is 19.1 Å². The second-order valence-electron chi connectivity index (χ2n) is 6.72. The van der Waals surface area contributed by atoms with E-state index in [2.05, 4.69) is 19.2 Å². The van der Waals surface area contributed by atoms with Crippen LogP contribution in [-0.2, 0) is 14.3 Å². The Hall–Kier alpha value is -1.14. The molecular weight excluding hydrogens is 272 g/mol. The molecule has 0 saturated carbocycles. The third-order valence-corrected chi connectivity index (χ3v) is 3.61. The first kappa shape index (κ1) is 17.9. The van der Waals surface area contributed by atoms with Gasteiger partial charge in [-0.3, -0.25) is 9.69 Å². The van der Waals surface area contributed by atoms with Crippen LogP contribution in [0.2, 0.25) is 0 Å². The van der Waals surface area contributed by atoms with Crippen molar-refractivity contribution in [2.75, 3.05) is 26.2 Å². The van der Waals surface area contributed by atoms with Crippen LogP contribution in [0.1, 0.15) is 40.5 Å². The quantitative estimate of drug-likeness (QED) is 0.667. The first-order chi connectivity index (χ1) is 9.70. The van der Waals surface area contributed by atoms with E-state index in [1.807, 2.05) is 18.7 Å². The fourth-order valence-corrected chi connectivity index (χ4v) is 2.52. The summed E-state index contributed by atoms with van der Waals surface area (Å²) >= 11 is 0. The zero-order valence-corrected chi connectivity index (χ0v) is 13.5. The number of likely N-dealkylation sites (tertiary alicyclic amines) is 1. The first-order valence-corrected chi connectivity index (χ1v) is 7.57. The number of nitrogens with zero attached hydrogens (tertiary/aromatic N) is 1. The lowest BCUT2D eigenvalue weighted by Gasteiger charge is -2.47. The van der Waals surface area contributed by atoms with Crippen LogP contribution in [-0.4, -0.2) is 59.8 Å². The Morgan fingerprint density at radius 3 is 2.43 bits per heavy atom. The standard InChI is InChI=1S/C15H28N2O4/c1-11(2)5-6-12(3)16-13(18)7-17-9-15(4,10-17)21-8-14(19)20/h11-12H,5-10H2,1-4H3,(H,16,18)(H,19,20). The van der Waals surface area contributed by atoms with Crippen molar-refractivity contribution in [3.63, 3.8) is 0 Å². The summed E-state index contributed by atoms with van der Waals surface area (Å²) in [6, 6.07) is 0.191. The number of carboxylic acid groups (broad SMARTS) is 1. The Kier molecular flexibility index (Phi) is 6.61. The summed E-state index contributed by atoms with van der Waals surface area (Å²) in [4.78, 5) is 24.3. The largest absolute Gasteiger partial charge is 0.480 e. The normalized spacial score (nSPS) is 19.1. The second-order valence-corrected chi connectivity index (χ2v) is 6.72. The van der Waals surface area contributed by atoms with Crippen LogP contribution >= 0.6 is 0 Å². The molecule has 1 saturated heterocycles. The first-order valence-electron chi connectivity index (χ1n) is 7.57. The van der Waals surface area contributed by atoms with Gasteiger partial charge in [0.2, 0.25) is 5.91 Å². The van der Waals surface area contributed by atoms with Gasteiger partial charge < -0.3 is 15.2 Å². The third kappa shape index (κ3) is 6.91. The molecule has 0 aromatic rings. The highest BCUT2D eigenvalue weighted by Gasteiger charge is 2.40. The SMILES string of the molecule is CC(C)CCC(C)NC(=O)CN1CC(C)(OCC(=O)O)C1. The lowest BCUT2D eigenvalue weighted by molar-refractivity contribution is -0.166. The molecule has 1 amide bonds. The van der Waals surface area contributed by atoms with E-state index in [0.29, 0.717) is 25.6 Å². The van der Waals surface area contributed by atoms with Crippen molar-refractivity contribution in [1.82, 2.24) is 10.2 Å². The molecule has 0 radical (unpaired) electrons. The van der Waals surface area contributed by atoms with Gasteiger partial charge in [-0.25, -0.2) is 4.79 Å². The molecule has 2 N–H and O–H groups in total. The number of amides is 1. The molecule has 0 aliphatic carbocycles. The monoisotopic (exact) mass is 300 g/mol. The van der Waals surface area contributed by atoms with Crippen molar-refractivity contribution in [1.29, 1.82) is 0 Å². The zero-order chi connectivity index (χ0) is 16.0. The lowest BCUT2D eigenvalue weighted by atomic mass is 9.96. The van der Waals surface area contributed by atoms with Gasteiger partial charge in [0.1, 0.15) is 6.61 Å². The summed E-state index contributed by atoms with van der Waals surface area (Å²) < 4.78 is 5.31. The van der Waals surface area contributed by atoms with E-state index in [0.717, 1.165) is 12.8 Å². The van der Waals surface area contributed by atoms with Gasteiger partial charge in [0.05, 0.1) is 12.1 Å². The number of carbonyl (C=O) groups is 2. The maximum absolute atomic E-state index is 11.9. The molecule has 0 spiro atoms. The minimum atomic E-state index is -0.966. The molecule has 1 fully saturated rings. The smallest absolute Gasteiger partial charge is 0.329 e. The summed E-state index contributed by atoms with van der Waals surface area (Å²) in [7, 11) is 0. The predicted molar refractivity (Wildman–Crippen MR) is 80.1 cm³/mol. The number of aliphatic carboxylic acids is 1. The lowest BCUT2D eigenvalue weighted by Crippen LogP contribution is -2.63. The molecule has 6 nitrogen and oxygen atoms in total. The number of hydrogen-bond donors (Lipinski definition) is 2. The van der Waals surface area contributed by atoms with Crippen LogP contribution in [0.25, 0.3) is 0 Å². The van der Waals surface area contributed by atoms with Crippen LogP contribution < -0.4 is 5.32 Å². The van der Waals surface area contributed by atoms with Crippen molar-refractivity contribution in [3.05, 3.63) is 0 Å². The van der Waals surface area contributed by atoms with E-state index in [4.69, 9.17) is 9.84 Å². The van der Waals surface area contributed by atoms with Gasteiger partial charge in [0.25, 0.3) is 0 Å². The number of ether oxygens (including phenoxy) is 1. The van der Waals surface area contributed by atoms with Crippen molar-refractivity contribution < 1.29 is 19.4 Å². The molecule has 6 heteroatoms. The maximum atomic E-state index is 11.9. The maximum Gasteiger partial charge on any atom is 0.329 e. The van der Waals surface area contributed by atoms with Gasteiger partial charge >= 0.3 is 5.97 Å². The van der Waals surface area contributed by atoms with Crippen LogP contribution in [0, 0.1) is 5.92 Å². The van der Waals surface area contributed by atoms with Crippen LogP contribution in [0.3, 0.4) is 0 Å². The predicted octanol–water partition coefficient (Wildman–Crippen LogP) is 1.10. The number of nitrogens with one attached hydrogen (secondary N) is 1. The van der Waals surface area contributed by atoms with Gasteiger partial charge in [-0.2, -0.15) is 0 Å². The highest BCUT2D eigenvalue weighted by atomic mass is 16.5. The summed E-state index contributed by atoms with van der Waals surface area (Å²) in [5, 5.41) is 11.6. The Morgan fingerprint density at radius 2 is 1.90 bits per heavy atom. The van der Waals surface area contributed by atoms with E-state index in [9.17, 15) is 9.59 Å². The third-order valence-electron chi connectivity index (χ3n) is 3.61. The van der Waals surface area contributed by atoms with E-state index in [-0.39, 0.29) is 18.6 Å². The fraction of sp³-hybridized carbons (Fsp3) is 0.867. The Labute approximate surface area is 126 Å². The van der Waals surface area contributed by atoms with Crippen LogP contribution in [0.5, 0.6) is 0 Å². The Morgan fingerprint density at radius 1 is 1.29 bits per heavy atom. The molecule has 0 aromatic carbocycles. The Bertz CT molecular complexity index is 365. The van der Waals surface area contributed by atoms with E-state index < -0.39 is 11.6 Å². The average molecular weight is 300 g/mol. The van der Waals surface area contributed by atoms with Gasteiger partial charge in [-0.1, -0.05) is 13.8 Å². The van der Waals surface area contributed by atoms with E-state index in [1.54, 1.807) is 0 Å². The molecule has 1 unspecified atom stereocenters. The molecular formula is C15H28N2O4. The summed E-state index contributed by atoms with van der Waals surface area (Å²) in [5.41, 5.74) is -0.443.